The lowest BCUT2D eigenvalue weighted by molar-refractivity contribution is 0.355. The van der Waals surface area contributed by atoms with Crippen LogP contribution in [0.25, 0.3) is 16.6 Å². The lowest BCUT2D eigenvalue weighted by Gasteiger charge is -2.10. The highest BCUT2D eigenvalue weighted by Gasteiger charge is 2.17. The average Bonchev–Trinajstić information content (AvgIpc) is 3.31. The Morgan fingerprint density at radius 1 is 1.07 bits per heavy atom. The molecule has 10 heteroatoms. The van der Waals surface area contributed by atoms with Gasteiger partial charge in [0.1, 0.15) is 0 Å². The van der Waals surface area contributed by atoms with Gasteiger partial charge in [-0.2, -0.15) is 14.9 Å². The maximum atomic E-state index is 9.02. The highest BCUT2D eigenvalue weighted by Crippen LogP contribution is 2.34. The number of rotatable bonds is 7. The fourth-order valence-electron chi connectivity index (χ4n) is 3.36. The van der Waals surface area contributed by atoms with Gasteiger partial charge < -0.3 is 9.47 Å². The molecule has 0 saturated heterocycles. The Hall–Kier alpha value is -3.32. The minimum Gasteiger partial charge on any atom is -0.493 e. The highest BCUT2D eigenvalue weighted by molar-refractivity contribution is 7.99. The van der Waals surface area contributed by atoms with E-state index in [1.54, 1.807) is 18.7 Å². The van der Waals surface area contributed by atoms with E-state index in [2.05, 4.69) is 16.3 Å². The SMILES string of the molecule is COc1cc2nc(SCC#N)n3nc(CCn4nc(C)cc4C)nc3c2cc1OC. The molecule has 0 aliphatic carbocycles. The van der Waals surface area contributed by atoms with Crippen molar-refractivity contribution >= 4 is 28.3 Å². The molecule has 0 aliphatic heterocycles. The summed E-state index contributed by atoms with van der Waals surface area (Å²) in [5.74, 6) is 2.13. The lowest BCUT2D eigenvalue weighted by Crippen LogP contribution is -2.06. The summed E-state index contributed by atoms with van der Waals surface area (Å²) in [5, 5.41) is 19.6. The lowest BCUT2D eigenvalue weighted by atomic mass is 10.2. The van der Waals surface area contributed by atoms with Crippen molar-refractivity contribution < 1.29 is 9.47 Å². The molecule has 0 saturated carbocycles. The van der Waals surface area contributed by atoms with Crippen LogP contribution in [0.1, 0.15) is 17.2 Å². The fraction of sp³-hybridized carbons (Fsp3) is 0.350. The van der Waals surface area contributed by atoms with Gasteiger partial charge in [0.25, 0.3) is 0 Å². The van der Waals surface area contributed by atoms with Crippen molar-refractivity contribution in [3.8, 4) is 17.6 Å². The van der Waals surface area contributed by atoms with Gasteiger partial charge in [0, 0.05) is 30.1 Å². The van der Waals surface area contributed by atoms with Crippen LogP contribution in [-0.4, -0.2) is 49.3 Å². The topological polar surface area (TPSA) is 103 Å². The first-order valence-electron chi connectivity index (χ1n) is 9.36. The molecule has 0 radical (unpaired) electrons. The summed E-state index contributed by atoms with van der Waals surface area (Å²) in [5.41, 5.74) is 3.47. The first-order chi connectivity index (χ1) is 14.5. The molecule has 30 heavy (non-hydrogen) atoms. The van der Waals surface area contributed by atoms with Crippen molar-refractivity contribution in [1.82, 2.24) is 29.4 Å². The van der Waals surface area contributed by atoms with Gasteiger partial charge in [-0.25, -0.2) is 9.97 Å². The van der Waals surface area contributed by atoms with Crippen LogP contribution in [0, 0.1) is 25.2 Å². The third-order valence-electron chi connectivity index (χ3n) is 4.71. The minimum atomic E-state index is 0.266. The Bertz CT molecular complexity index is 1270. The summed E-state index contributed by atoms with van der Waals surface area (Å²) in [4.78, 5) is 9.46. The molecule has 0 aliphatic rings. The van der Waals surface area contributed by atoms with Crippen molar-refractivity contribution in [1.29, 1.82) is 5.26 Å². The first kappa shape index (κ1) is 20.0. The summed E-state index contributed by atoms with van der Waals surface area (Å²) in [7, 11) is 3.18. The highest BCUT2D eigenvalue weighted by atomic mass is 32.2. The molecule has 4 aromatic rings. The molecule has 0 atom stereocenters. The van der Waals surface area contributed by atoms with Crippen molar-refractivity contribution in [2.75, 3.05) is 20.0 Å². The zero-order chi connectivity index (χ0) is 21.3. The molecule has 0 spiro atoms. The molecule has 0 N–H and O–H groups in total. The van der Waals surface area contributed by atoms with Gasteiger partial charge in [-0.05, 0) is 26.0 Å². The largest absolute Gasteiger partial charge is 0.493 e. The predicted octanol–water partition coefficient (Wildman–Crippen LogP) is 2.97. The van der Waals surface area contributed by atoms with Crippen LogP contribution >= 0.6 is 11.8 Å². The molecular formula is C20H21N7O2S. The molecule has 1 aromatic carbocycles. The number of aromatic nitrogens is 6. The normalized spacial score (nSPS) is 11.2. The van der Waals surface area contributed by atoms with Crippen LogP contribution in [0.3, 0.4) is 0 Å². The number of thioether (sulfide) groups is 1. The van der Waals surface area contributed by atoms with Crippen molar-refractivity contribution in [3.63, 3.8) is 0 Å². The minimum absolute atomic E-state index is 0.266. The number of hydrogen-bond acceptors (Lipinski definition) is 8. The number of hydrogen-bond donors (Lipinski definition) is 0. The predicted molar refractivity (Wildman–Crippen MR) is 113 cm³/mol. The Labute approximate surface area is 177 Å². The monoisotopic (exact) mass is 423 g/mol. The molecule has 4 rings (SSSR count). The van der Waals surface area contributed by atoms with Gasteiger partial charge in [0.05, 0.1) is 37.3 Å². The van der Waals surface area contributed by atoms with E-state index in [0.29, 0.717) is 46.6 Å². The standard InChI is InChI=1S/C20H21N7O2S/c1-12-9-13(2)26(24-12)7-5-18-23-19-14-10-16(28-3)17(29-4)11-15(14)22-20(27(19)25-18)30-8-6-21/h9-11H,5,7-8H2,1-4H3. The van der Waals surface area contributed by atoms with E-state index in [1.165, 1.54) is 11.8 Å². The third kappa shape index (κ3) is 3.64. The van der Waals surface area contributed by atoms with Gasteiger partial charge in [-0.1, -0.05) is 11.8 Å². The molecule has 9 nitrogen and oxygen atoms in total. The average molecular weight is 424 g/mol. The van der Waals surface area contributed by atoms with Crippen molar-refractivity contribution in [2.24, 2.45) is 0 Å². The van der Waals surface area contributed by atoms with Crippen LogP contribution in [0.2, 0.25) is 0 Å². The summed E-state index contributed by atoms with van der Waals surface area (Å²) in [6, 6.07) is 7.85. The Morgan fingerprint density at radius 2 is 1.83 bits per heavy atom. The van der Waals surface area contributed by atoms with Gasteiger partial charge in [-0.3, -0.25) is 4.68 Å². The number of nitriles is 1. The summed E-state index contributed by atoms with van der Waals surface area (Å²) in [6.45, 7) is 4.69. The first-order valence-corrected chi connectivity index (χ1v) is 10.3. The number of fused-ring (bicyclic) bond motifs is 3. The smallest absolute Gasteiger partial charge is 0.192 e. The van der Waals surface area contributed by atoms with Crippen molar-refractivity contribution in [3.05, 3.63) is 35.4 Å². The molecular weight excluding hydrogens is 402 g/mol. The van der Waals surface area contributed by atoms with E-state index >= 15 is 0 Å². The molecule has 0 unspecified atom stereocenters. The van der Waals surface area contributed by atoms with Crippen LogP contribution in [-0.2, 0) is 13.0 Å². The molecule has 0 fully saturated rings. The van der Waals surface area contributed by atoms with Gasteiger partial charge in [0.2, 0.25) is 0 Å². The number of nitrogens with zero attached hydrogens (tertiary/aromatic N) is 7. The van der Waals surface area contributed by atoms with E-state index in [0.717, 1.165) is 16.8 Å². The molecule has 154 valence electrons. The maximum Gasteiger partial charge on any atom is 0.192 e. The quantitative estimate of drug-likeness (QED) is 0.330. The van der Waals surface area contributed by atoms with E-state index in [-0.39, 0.29) is 5.75 Å². The second kappa shape index (κ2) is 8.20. The van der Waals surface area contributed by atoms with E-state index < -0.39 is 0 Å². The maximum absolute atomic E-state index is 9.02. The van der Waals surface area contributed by atoms with Gasteiger partial charge >= 0.3 is 0 Å². The molecule has 3 aromatic heterocycles. The van der Waals surface area contributed by atoms with Crippen molar-refractivity contribution in [2.45, 2.75) is 32.0 Å². The number of ether oxygens (including phenoxy) is 2. The Balaban J connectivity index is 1.81. The zero-order valence-corrected chi connectivity index (χ0v) is 18.0. The fourth-order valence-corrected chi connectivity index (χ4v) is 3.96. The molecule has 0 bridgehead atoms. The van der Waals surface area contributed by atoms with Crippen LogP contribution in [0.5, 0.6) is 11.5 Å². The Kier molecular flexibility index (Phi) is 5.46. The number of benzene rings is 1. The number of aryl methyl sites for hydroxylation is 4. The number of methoxy groups -OCH3 is 2. The third-order valence-corrected chi connectivity index (χ3v) is 5.50. The van der Waals surface area contributed by atoms with Gasteiger partial charge in [0.15, 0.2) is 28.1 Å². The van der Waals surface area contributed by atoms with Crippen LogP contribution in [0.4, 0.5) is 0 Å². The molecule has 0 amide bonds. The second-order valence-electron chi connectivity index (χ2n) is 6.73. The van der Waals surface area contributed by atoms with Crippen LogP contribution in [0.15, 0.2) is 23.4 Å². The van der Waals surface area contributed by atoms with E-state index in [4.69, 9.17) is 24.7 Å². The van der Waals surface area contributed by atoms with E-state index in [9.17, 15) is 0 Å². The molecule has 3 heterocycles. The summed E-state index contributed by atoms with van der Waals surface area (Å²) >= 11 is 1.32. The van der Waals surface area contributed by atoms with E-state index in [1.807, 2.05) is 36.7 Å². The van der Waals surface area contributed by atoms with Gasteiger partial charge in [-0.15, -0.1) is 5.10 Å². The summed E-state index contributed by atoms with van der Waals surface area (Å²) in [6.07, 6.45) is 0.626. The van der Waals surface area contributed by atoms with Crippen LogP contribution < -0.4 is 9.47 Å². The summed E-state index contributed by atoms with van der Waals surface area (Å²) < 4.78 is 14.5. The second-order valence-corrected chi connectivity index (χ2v) is 7.67. The zero-order valence-electron chi connectivity index (χ0n) is 17.2. The Morgan fingerprint density at radius 3 is 2.50 bits per heavy atom.